The smallest absolute Gasteiger partial charge is 0.169 e. The van der Waals surface area contributed by atoms with Crippen LogP contribution in [0.1, 0.15) is 32.6 Å². The van der Waals surface area contributed by atoms with E-state index in [4.69, 9.17) is 9.68 Å². The van der Waals surface area contributed by atoms with Crippen molar-refractivity contribution in [1.82, 2.24) is 5.32 Å². The molecule has 1 rings (SSSR count). The zero-order chi connectivity index (χ0) is 11.5. The molecule has 0 aliphatic heterocycles. The van der Waals surface area contributed by atoms with Gasteiger partial charge in [-0.15, -0.1) is 0 Å². The van der Waals surface area contributed by atoms with Crippen LogP contribution < -0.4 is 5.32 Å². The van der Waals surface area contributed by atoms with Gasteiger partial charge in [0.05, 0.1) is 17.5 Å². The number of hydrogen-bond acceptors (Lipinski definition) is 3. The Morgan fingerprint density at radius 1 is 1.60 bits per heavy atom. The standard InChI is InChI=1S/C11H15BrN2O/c1-8(9-4-5-10(12)15-9)14-7-11(2,3)6-13/h4-5,8,14H,7H2,1-3H3. The highest BCUT2D eigenvalue weighted by Gasteiger charge is 2.18. The molecule has 0 amide bonds. The van der Waals surface area contributed by atoms with E-state index in [1.807, 2.05) is 32.9 Å². The molecule has 0 fully saturated rings. The molecule has 1 aromatic rings. The fourth-order valence-electron chi connectivity index (χ4n) is 1.11. The maximum atomic E-state index is 8.86. The predicted octanol–water partition coefficient (Wildman–Crippen LogP) is 3.24. The minimum absolute atomic E-state index is 0.115. The number of halogens is 1. The van der Waals surface area contributed by atoms with E-state index in [0.717, 1.165) is 10.4 Å². The summed E-state index contributed by atoms with van der Waals surface area (Å²) < 4.78 is 6.14. The summed E-state index contributed by atoms with van der Waals surface area (Å²) in [7, 11) is 0. The molecular weight excluding hydrogens is 256 g/mol. The summed E-state index contributed by atoms with van der Waals surface area (Å²) in [6.45, 7) is 6.47. The zero-order valence-corrected chi connectivity index (χ0v) is 10.8. The molecule has 15 heavy (non-hydrogen) atoms. The van der Waals surface area contributed by atoms with Gasteiger partial charge in [0.15, 0.2) is 4.67 Å². The van der Waals surface area contributed by atoms with E-state index in [0.29, 0.717) is 6.54 Å². The highest BCUT2D eigenvalue weighted by Crippen LogP contribution is 2.21. The average molecular weight is 271 g/mol. The Bertz CT molecular complexity index is 365. The van der Waals surface area contributed by atoms with E-state index in [9.17, 15) is 0 Å². The van der Waals surface area contributed by atoms with Gasteiger partial charge in [0.1, 0.15) is 5.76 Å². The Balaban J connectivity index is 2.51. The lowest BCUT2D eigenvalue weighted by Gasteiger charge is -2.19. The molecule has 1 N–H and O–H groups in total. The van der Waals surface area contributed by atoms with E-state index in [1.54, 1.807) is 0 Å². The second kappa shape index (κ2) is 4.82. The quantitative estimate of drug-likeness (QED) is 0.914. The summed E-state index contributed by atoms with van der Waals surface area (Å²) in [5, 5.41) is 12.1. The maximum absolute atomic E-state index is 8.86. The molecular formula is C11H15BrN2O. The van der Waals surface area contributed by atoms with E-state index >= 15 is 0 Å². The van der Waals surface area contributed by atoms with Gasteiger partial charge in [-0.3, -0.25) is 0 Å². The highest BCUT2D eigenvalue weighted by atomic mass is 79.9. The van der Waals surface area contributed by atoms with E-state index in [-0.39, 0.29) is 11.5 Å². The van der Waals surface area contributed by atoms with Gasteiger partial charge in [-0.2, -0.15) is 5.26 Å². The van der Waals surface area contributed by atoms with Crippen LogP contribution in [0, 0.1) is 16.7 Å². The lowest BCUT2D eigenvalue weighted by molar-refractivity contribution is 0.370. The fourth-order valence-corrected chi connectivity index (χ4v) is 1.43. The van der Waals surface area contributed by atoms with Crippen LogP contribution in [-0.2, 0) is 0 Å². The first kappa shape index (κ1) is 12.3. The lowest BCUT2D eigenvalue weighted by Crippen LogP contribution is -2.30. The SMILES string of the molecule is CC(NCC(C)(C)C#N)c1ccc(Br)o1. The number of hydrogen-bond donors (Lipinski definition) is 1. The van der Waals surface area contributed by atoms with Gasteiger partial charge in [-0.1, -0.05) is 0 Å². The van der Waals surface area contributed by atoms with Crippen molar-refractivity contribution in [2.24, 2.45) is 5.41 Å². The molecule has 0 bridgehead atoms. The van der Waals surface area contributed by atoms with Crippen molar-refractivity contribution in [2.45, 2.75) is 26.8 Å². The van der Waals surface area contributed by atoms with Gasteiger partial charge in [0, 0.05) is 6.54 Å². The maximum Gasteiger partial charge on any atom is 0.169 e. The molecule has 0 radical (unpaired) electrons. The molecule has 1 atom stereocenters. The minimum Gasteiger partial charge on any atom is -0.453 e. The van der Waals surface area contributed by atoms with Crippen LogP contribution in [0.5, 0.6) is 0 Å². The van der Waals surface area contributed by atoms with Gasteiger partial charge in [-0.25, -0.2) is 0 Å². The zero-order valence-electron chi connectivity index (χ0n) is 9.17. The first-order valence-electron chi connectivity index (χ1n) is 4.84. The Labute approximate surface area is 98.6 Å². The molecule has 0 aliphatic carbocycles. The molecule has 1 unspecified atom stereocenters. The summed E-state index contributed by atoms with van der Waals surface area (Å²) in [6, 6.07) is 6.15. The molecule has 1 aromatic heterocycles. The van der Waals surface area contributed by atoms with Crippen molar-refractivity contribution in [3.63, 3.8) is 0 Å². The van der Waals surface area contributed by atoms with Crippen molar-refractivity contribution in [1.29, 1.82) is 5.26 Å². The lowest BCUT2D eigenvalue weighted by atomic mass is 9.95. The number of nitriles is 1. The number of nitrogens with one attached hydrogen (secondary N) is 1. The molecule has 1 heterocycles. The van der Waals surface area contributed by atoms with Crippen molar-refractivity contribution in [3.05, 3.63) is 22.6 Å². The van der Waals surface area contributed by atoms with Crippen LogP contribution in [0.3, 0.4) is 0 Å². The topological polar surface area (TPSA) is 49.0 Å². The van der Waals surface area contributed by atoms with Gasteiger partial charge < -0.3 is 9.73 Å². The average Bonchev–Trinajstić information content (AvgIpc) is 2.61. The second-order valence-corrected chi connectivity index (χ2v) is 5.02. The Morgan fingerprint density at radius 2 is 2.27 bits per heavy atom. The summed E-state index contributed by atoms with van der Waals surface area (Å²) in [6.07, 6.45) is 0. The predicted molar refractivity (Wildman–Crippen MR) is 62.2 cm³/mol. The first-order valence-corrected chi connectivity index (χ1v) is 5.64. The van der Waals surface area contributed by atoms with Gasteiger partial charge >= 0.3 is 0 Å². The largest absolute Gasteiger partial charge is 0.453 e. The van der Waals surface area contributed by atoms with Crippen molar-refractivity contribution in [2.75, 3.05) is 6.54 Å². The fraction of sp³-hybridized carbons (Fsp3) is 0.545. The van der Waals surface area contributed by atoms with Gasteiger partial charge in [-0.05, 0) is 48.8 Å². The Morgan fingerprint density at radius 3 is 2.73 bits per heavy atom. The third kappa shape index (κ3) is 3.69. The second-order valence-electron chi connectivity index (χ2n) is 4.24. The van der Waals surface area contributed by atoms with Crippen LogP contribution in [0.15, 0.2) is 21.2 Å². The van der Waals surface area contributed by atoms with Crippen molar-refractivity contribution in [3.8, 4) is 6.07 Å². The number of nitrogens with zero attached hydrogens (tertiary/aromatic N) is 1. The van der Waals surface area contributed by atoms with E-state index < -0.39 is 0 Å². The Kier molecular flexibility index (Phi) is 3.95. The van der Waals surface area contributed by atoms with Gasteiger partial charge in [0.2, 0.25) is 0 Å². The summed E-state index contributed by atoms with van der Waals surface area (Å²) >= 11 is 3.26. The molecule has 3 nitrogen and oxygen atoms in total. The monoisotopic (exact) mass is 270 g/mol. The van der Waals surface area contributed by atoms with Crippen molar-refractivity contribution < 1.29 is 4.42 Å². The van der Waals surface area contributed by atoms with Crippen LogP contribution >= 0.6 is 15.9 Å². The number of rotatable bonds is 4. The normalized spacial score (nSPS) is 13.5. The molecule has 0 aromatic carbocycles. The summed E-state index contributed by atoms with van der Waals surface area (Å²) in [5.74, 6) is 0.871. The highest BCUT2D eigenvalue weighted by molar-refractivity contribution is 9.10. The number of furan rings is 1. The molecule has 82 valence electrons. The van der Waals surface area contributed by atoms with E-state index in [2.05, 4.69) is 27.3 Å². The van der Waals surface area contributed by atoms with Crippen LogP contribution in [0.4, 0.5) is 0 Å². The van der Waals surface area contributed by atoms with Crippen LogP contribution in [-0.4, -0.2) is 6.54 Å². The van der Waals surface area contributed by atoms with Crippen LogP contribution in [0.2, 0.25) is 0 Å². The molecule has 4 heteroatoms. The van der Waals surface area contributed by atoms with Crippen molar-refractivity contribution >= 4 is 15.9 Å². The Hall–Kier alpha value is -0.790. The van der Waals surface area contributed by atoms with Gasteiger partial charge in [0.25, 0.3) is 0 Å². The molecule has 0 spiro atoms. The summed E-state index contributed by atoms with van der Waals surface area (Å²) in [4.78, 5) is 0. The minimum atomic E-state index is -0.349. The van der Waals surface area contributed by atoms with E-state index in [1.165, 1.54) is 0 Å². The molecule has 0 aliphatic rings. The third-order valence-corrected chi connectivity index (χ3v) is 2.60. The van der Waals surface area contributed by atoms with Crippen LogP contribution in [0.25, 0.3) is 0 Å². The molecule has 0 saturated carbocycles. The first-order chi connectivity index (χ1) is 6.94. The third-order valence-electron chi connectivity index (χ3n) is 2.17. The molecule has 0 saturated heterocycles. The summed E-state index contributed by atoms with van der Waals surface area (Å²) in [5.41, 5.74) is -0.349.